The van der Waals surface area contributed by atoms with Crippen LogP contribution in [0.2, 0.25) is 0 Å². The zero-order valence-electron chi connectivity index (χ0n) is 10.2. The van der Waals surface area contributed by atoms with E-state index in [1.165, 1.54) is 10.5 Å². The van der Waals surface area contributed by atoms with Gasteiger partial charge in [-0.15, -0.1) is 4.90 Å². The van der Waals surface area contributed by atoms with Crippen LogP contribution in [-0.4, -0.2) is 11.8 Å². The fraction of sp³-hybridized carbons (Fsp3) is 0.357. The predicted molar refractivity (Wildman–Crippen MR) is 65.5 cm³/mol. The number of nitrogens with zero attached hydrogens (tertiary/aromatic N) is 1. The predicted octanol–water partition coefficient (Wildman–Crippen LogP) is 1.35. The van der Waals surface area contributed by atoms with Crippen LogP contribution in [0.3, 0.4) is 0 Å². The van der Waals surface area contributed by atoms with Gasteiger partial charge in [0, 0.05) is 6.07 Å². The van der Waals surface area contributed by atoms with Crippen LogP contribution < -0.4 is 9.88 Å². The molecule has 0 aromatic carbocycles. The maximum absolute atomic E-state index is 12.4. The lowest BCUT2D eigenvalue weighted by atomic mass is 9.82. The number of carbonyl (C=O) groups excluding carboxylic acids is 2. The van der Waals surface area contributed by atoms with Crippen molar-refractivity contribution in [2.45, 2.75) is 19.8 Å². The molecule has 1 saturated heterocycles. The largest absolute Gasteiger partial charge is 0.321 e. The van der Waals surface area contributed by atoms with E-state index in [1.807, 2.05) is 19.1 Å². The van der Waals surface area contributed by atoms with Gasteiger partial charge in [0.25, 0.3) is 5.82 Å². The Labute approximate surface area is 105 Å². The van der Waals surface area contributed by atoms with Crippen molar-refractivity contribution in [3.05, 3.63) is 36.0 Å². The number of allylic oxidation sites excluding steroid dienone is 2. The lowest BCUT2D eigenvalue weighted by Gasteiger charge is -2.17. The number of anilines is 1. The van der Waals surface area contributed by atoms with Gasteiger partial charge in [0.15, 0.2) is 0 Å². The number of amides is 2. The number of hydrogen-bond donors (Lipinski definition) is 0. The first-order chi connectivity index (χ1) is 8.68. The van der Waals surface area contributed by atoms with Gasteiger partial charge in [-0.25, -0.2) is 14.6 Å². The van der Waals surface area contributed by atoms with E-state index in [0.717, 1.165) is 0 Å². The molecule has 3 rings (SSSR count). The van der Waals surface area contributed by atoms with Crippen molar-refractivity contribution in [2.24, 2.45) is 11.8 Å². The fourth-order valence-electron chi connectivity index (χ4n) is 2.80. The van der Waals surface area contributed by atoms with Gasteiger partial charge in [0.1, 0.15) is 0 Å². The average molecular weight is 243 g/mol. The van der Waals surface area contributed by atoms with Gasteiger partial charge in [-0.1, -0.05) is 17.7 Å². The molecule has 2 aliphatic rings. The minimum atomic E-state index is -0.171. The van der Waals surface area contributed by atoms with Gasteiger partial charge in [0.05, 0.1) is 18.0 Å². The van der Waals surface area contributed by atoms with Gasteiger partial charge in [-0.2, -0.15) is 0 Å². The van der Waals surface area contributed by atoms with Crippen LogP contribution in [-0.2, 0) is 9.59 Å². The molecule has 2 unspecified atom stereocenters. The summed E-state index contributed by atoms with van der Waals surface area (Å²) in [6.07, 6.45) is 5.19. The Kier molecular flexibility index (Phi) is 2.51. The Morgan fingerprint density at radius 1 is 1.22 bits per heavy atom. The number of rotatable bonds is 1. The number of imide groups is 1. The molecule has 18 heavy (non-hydrogen) atoms. The Morgan fingerprint density at radius 2 is 2.00 bits per heavy atom. The summed E-state index contributed by atoms with van der Waals surface area (Å²) in [5.41, 5.74) is 1.20. The molecular formula is C14H15N2O2+. The fourth-order valence-corrected chi connectivity index (χ4v) is 2.80. The summed E-state index contributed by atoms with van der Waals surface area (Å²) >= 11 is 0. The van der Waals surface area contributed by atoms with Crippen LogP contribution in [0.1, 0.15) is 19.8 Å². The summed E-state index contributed by atoms with van der Waals surface area (Å²) in [6, 6.07) is 5.40. The van der Waals surface area contributed by atoms with E-state index in [0.29, 0.717) is 18.7 Å². The molecule has 4 heteroatoms. The summed E-state index contributed by atoms with van der Waals surface area (Å²) in [4.78, 5) is 28.9. The highest BCUT2D eigenvalue weighted by atomic mass is 16.2. The molecule has 1 N–H and O–H groups in total. The van der Waals surface area contributed by atoms with Crippen LogP contribution in [0.25, 0.3) is 0 Å². The SMILES string of the molecule is CC1=CCC2C(=O)N(c3cccc[nH+]3)C(=O)C2C1. The third-order valence-electron chi connectivity index (χ3n) is 3.76. The van der Waals surface area contributed by atoms with Crippen molar-refractivity contribution >= 4 is 17.6 Å². The van der Waals surface area contributed by atoms with E-state index < -0.39 is 0 Å². The summed E-state index contributed by atoms with van der Waals surface area (Å²) < 4.78 is 0. The Bertz CT molecular complexity index is 536. The molecule has 2 heterocycles. The molecule has 1 aliphatic carbocycles. The van der Waals surface area contributed by atoms with Gasteiger partial charge >= 0.3 is 11.8 Å². The number of aromatic nitrogens is 1. The normalized spacial score (nSPS) is 27.2. The highest BCUT2D eigenvalue weighted by molar-refractivity contribution is 6.21. The molecule has 0 spiro atoms. The molecule has 1 aromatic rings. The van der Waals surface area contributed by atoms with Crippen molar-refractivity contribution in [3.8, 4) is 0 Å². The lowest BCUT2D eigenvalue weighted by Crippen LogP contribution is -2.35. The quantitative estimate of drug-likeness (QED) is 0.552. The van der Waals surface area contributed by atoms with Crippen LogP contribution in [0.5, 0.6) is 0 Å². The highest BCUT2D eigenvalue weighted by Crippen LogP contribution is 2.38. The van der Waals surface area contributed by atoms with Gasteiger partial charge in [-0.05, 0) is 25.8 Å². The molecule has 92 valence electrons. The number of nitrogens with one attached hydrogen (secondary N) is 1. The van der Waals surface area contributed by atoms with E-state index in [9.17, 15) is 9.59 Å². The average Bonchev–Trinajstić information content (AvgIpc) is 2.63. The van der Waals surface area contributed by atoms with E-state index in [1.54, 1.807) is 12.3 Å². The second-order valence-corrected chi connectivity index (χ2v) is 4.96. The molecule has 1 fully saturated rings. The molecule has 1 aromatic heterocycles. The molecule has 2 atom stereocenters. The second kappa shape index (κ2) is 4.05. The third kappa shape index (κ3) is 1.56. The smallest absolute Gasteiger partial charge is 0.247 e. The summed E-state index contributed by atoms with van der Waals surface area (Å²) in [7, 11) is 0. The summed E-state index contributed by atoms with van der Waals surface area (Å²) in [6.45, 7) is 2.02. The molecule has 2 amide bonds. The van der Waals surface area contributed by atoms with Gasteiger partial charge in [0.2, 0.25) is 0 Å². The van der Waals surface area contributed by atoms with Crippen molar-refractivity contribution in [3.63, 3.8) is 0 Å². The Hall–Kier alpha value is -1.97. The maximum Gasteiger partial charge on any atom is 0.321 e. The topological polar surface area (TPSA) is 51.5 Å². The number of hydrogen-bond acceptors (Lipinski definition) is 2. The van der Waals surface area contributed by atoms with Crippen LogP contribution in [0, 0.1) is 11.8 Å². The Morgan fingerprint density at radius 3 is 2.72 bits per heavy atom. The molecule has 1 aliphatic heterocycles. The second-order valence-electron chi connectivity index (χ2n) is 4.96. The van der Waals surface area contributed by atoms with Crippen molar-refractivity contribution < 1.29 is 14.6 Å². The van der Waals surface area contributed by atoms with Gasteiger partial charge in [-0.3, -0.25) is 0 Å². The highest BCUT2D eigenvalue weighted by Gasteiger charge is 2.54. The number of carbonyl (C=O) groups is 2. The maximum atomic E-state index is 12.4. The van der Waals surface area contributed by atoms with E-state index in [-0.39, 0.29) is 23.7 Å². The van der Waals surface area contributed by atoms with Gasteiger partial charge < -0.3 is 0 Å². The first-order valence-corrected chi connectivity index (χ1v) is 6.18. The third-order valence-corrected chi connectivity index (χ3v) is 3.76. The Balaban J connectivity index is 1.96. The van der Waals surface area contributed by atoms with Crippen molar-refractivity contribution in [1.82, 2.24) is 0 Å². The van der Waals surface area contributed by atoms with E-state index >= 15 is 0 Å². The summed E-state index contributed by atoms with van der Waals surface area (Å²) in [5, 5.41) is 0. The molecule has 4 nitrogen and oxygen atoms in total. The summed E-state index contributed by atoms with van der Waals surface area (Å²) in [5.74, 6) is 0.0848. The van der Waals surface area contributed by atoms with E-state index in [2.05, 4.69) is 11.1 Å². The number of pyridine rings is 1. The zero-order chi connectivity index (χ0) is 12.7. The minimum absolute atomic E-state index is 0.0695. The molecule has 0 saturated carbocycles. The van der Waals surface area contributed by atoms with Crippen molar-refractivity contribution in [1.29, 1.82) is 0 Å². The molecule has 0 bridgehead atoms. The first kappa shape index (κ1) is 11.1. The number of H-pyrrole nitrogens is 1. The zero-order valence-corrected chi connectivity index (χ0v) is 10.2. The van der Waals surface area contributed by atoms with Crippen LogP contribution in [0.15, 0.2) is 36.0 Å². The molecule has 0 radical (unpaired) electrons. The lowest BCUT2D eigenvalue weighted by molar-refractivity contribution is -0.362. The van der Waals surface area contributed by atoms with E-state index in [4.69, 9.17) is 0 Å². The van der Waals surface area contributed by atoms with Crippen LogP contribution >= 0.6 is 0 Å². The first-order valence-electron chi connectivity index (χ1n) is 6.18. The number of aromatic amines is 1. The number of fused-ring (bicyclic) bond motifs is 1. The monoisotopic (exact) mass is 243 g/mol. The minimum Gasteiger partial charge on any atom is -0.247 e. The molecular weight excluding hydrogens is 228 g/mol. The van der Waals surface area contributed by atoms with Crippen LogP contribution in [0.4, 0.5) is 5.82 Å². The standard InChI is InChI=1S/C14H14N2O2/c1-9-5-6-10-11(8-9)14(18)16(13(10)17)12-4-2-3-7-15-12/h2-5,7,10-11H,6,8H2,1H3/p+1. The van der Waals surface area contributed by atoms with Crippen molar-refractivity contribution in [2.75, 3.05) is 4.90 Å².